The molecule has 0 N–H and O–H groups in total. The number of nitrogens with zero attached hydrogens (tertiary/aromatic N) is 4. The number of fused-ring (bicyclic) bond motifs is 6. The fourth-order valence-electron chi connectivity index (χ4n) is 23.0. The first kappa shape index (κ1) is 67.8. The quantitative estimate of drug-likeness (QED) is 0.141. The van der Waals surface area contributed by atoms with Crippen molar-refractivity contribution < 1.29 is 30.6 Å². The highest BCUT2D eigenvalue weighted by atomic mass is 14.9. The van der Waals surface area contributed by atoms with E-state index in [9.17, 15) is 0 Å². The number of benzene rings is 8. The predicted molar refractivity (Wildman–Crippen MR) is 480 cm³/mol. The van der Waals surface area contributed by atoms with Crippen LogP contribution in [0.2, 0.25) is 0 Å². The van der Waals surface area contributed by atoms with E-state index >= 15 is 0 Å². The number of aryl methyl sites for hydroxylation is 15. The third-order valence-electron chi connectivity index (χ3n) is 29.8. The lowest BCUT2D eigenvalue weighted by Crippen LogP contribution is -2.32. The standard InChI is InChI=1S/C29H34N.2C28H32N.C26H30N/c1-21-9-5-6-10-26(21)28-18-27(22(2)20-30(28)3)24-12-11-23-13-16-29(19-25(23)17-24)14-7-4-8-15-29;1-20-8-4-5-9-25(20)27-17-26(21(2)19-29(27)3)23-10-11-24-18-28(13-6-7-14-28)15-12-22(24)16-23;1-20-8-4-5-9-25(20)27-17-26(21(2)19-29(27)3)23-11-10-22-12-15-28(13-6-7-14-28)18-24(22)16-23;1-17-13-18(2)19(3)22(14-17)25-10-8-21-23-16-26(11-5-6-12-26)15-20(23)7-9-24(21)27(25)4/h5-6,9-12,17-18,20H,4,7-8,13-16,19H2,1-3H3;2*4-5,8-11,16-17,19H,6-7,12-15,18H2,1-3H3;7-10,13-14H,5-6,11-12,15-16H2,1-4H3/q4*+1/i3*2D3;. The van der Waals surface area contributed by atoms with Crippen molar-refractivity contribution in [2.24, 2.45) is 49.9 Å². The molecule has 115 heavy (non-hydrogen) atoms. The van der Waals surface area contributed by atoms with Crippen LogP contribution in [0.15, 0.2) is 201 Å². The van der Waals surface area contributed by atoms with Gasteiger partial charge in [0.1, 0.15) is 28.2 Å². The van der Waals surface area contributed by atoms with E-state index in [2.05, 4.69) is 199 Å². The van der Waals surface area contributed by atoms with E-state index in [-0.39, 0.29) is 0 Å². The molecule has 8 aliphatic carbocycles. The van der Waals surface area contributed by atoms with Crippen molar-refractivity contribution in [3.05, 3.63) is 295 Å². The van der Waals surface area contributed by atoms with E-state index in [0.717, 1.165) is 99.3 Å². The van der Waals surface area contributed by atoms with Crippen molar-refractivity contribution in [3.63, 3.8) is 0 Å². The van der Waals surface area contributed by atoms with E-state index in [1.54, 1.807) is 17.3 Å². The Balaban J connectivity index is 0.000000117. The summed E-state index contributed by atoms with van der Waals surface area (Å²) in [6.45, 7) is 6.48. The molecule has 4 heteroatoms. The maximum absolute atomic E-state index is 8.24. The van der Waals surface area contributed by atoms with Crippen LogP contribution >= 0.6 is 0 Å². The largest absolute Gasteiger partial charge is 0.213 e. The summed E-state index contributed by atoms with van der Waals surface area (Å²) in [5, 5.41) is 1.48. The molecule has 12 aromatic rings. The Morgan fingerprint density at radius 3 is 1.10 bits per heavy atom. The maximum atomic E-state index is 8.24. The number of pyridine rings is 4. The molecule has 0 aliphatic heterocycles. The molecule has 0 radical (unpaired) electrons. The van der Waals surface area contributed by atoms with Crippen LogP contribution < -0.4 is 18.3 Å². The lowest BCUT2D eigenvalue weighted by Gasteiger charge is -2.41. The van der Waals surface area contributed by atoms with Gasteiger partial charge >= 0.3 is 0 Å². The van der Waals surface area contributed by atoms with Gasteiger partial charge in [-0.25, -0.2) is 13.7 Å². The molecular weight excluding hydrogens is 1390 g/mol. The zero-order valence-corrected chi connectivity index (χ0v) is 70.6. The van der Waals surface area contributed by atoms with Crippen LogP contribution in [0, 0.1) is 83.8 Å². The summed E-state index contributed by atoms with van der Waals surface area (Å²) in [5.41, 5.74) is 39.0. The number of aromatic nitrogens is 4. The van der Waals surface area contributed by atoms with Crippen LogP contribution in [0.5, 0.6) is 0 Å². The van der Waals surface area contributed by atoms with Crippen molar-refractivity contribution >= 4 is 10.9 Å². The first-order valence-corrected chi connectivity index (χ1v) is 43.9. The van der Waals surface area contributed by atoms with Crippen LogP contribution in [0.1, 0.15) is 235 Å². The summed E-state index contributed by atoms with van der Waals surface area (Å²) in [7, 11) is 8.06. The molecule has 8 aliphatic rings. The normalized spacial score (nSPS) is 19.1. The lowest BCUT2D eigenvalue weighted by molar-refractivity contribution is -0.660. The van der Waals surface area contributed by atoms with Gasteiger partial charge in [-0.05, 0) is 342 Å². The summed E-state index contributed by atoms with van der Waals surface area (Å²) in [4.78, 5) is 0. The molecule has 588 valence electrons. The van der Waals surface area contributed by atoms with Crippen LogP contribution in [-0.2, 0) is 79.6 Å². The van der Waals surface area contributed by atoms with Gasteiger partial charge in [0.2, 0.25) is 28.3 Å². The maximum Gasteiger partial charge on any atom is 0.213 e. The number of rotatable bonds is 7. The monoisotopic (exact) mass is 1530 g/mol. The van der Waals surface area contributed by atoms with Crippen molar-refractivity contribution in [1.82, 2.24) is 0 Å². The van der Waals surface area contributed by atoms with Crippen LogP contribution in [0.3, 0.4) is 0 Å². The van der Waals surface area contributed by atoms with Gasteiger partial charge in [0.25, 0.3) is 0 Å². The fraction of sp³-hybridized carbons (Fsp3) is 0.405. The number of hydrogen-bond acceptors (Lipinski definition) is 0. The van der Waals surface area contributed by atoms with Gasteiger partial charge in [0.15, 0.2) is 18.6 Å². The van der Waals surface area contributed by atoms with Gasteiger partial charge in [-0.1, -0.05) is 185 Å². The average molecular weight is 1530 g/mol. The molecule has 0 saturated heterocycles. The third-order valence-corrected chi connectivity index (χ3v) is 29.8. The zero-order valence-electron chi connectivity index (χ0n) is 79.6. The van der Waals surface area contributed by atoms with Gasteiger partial charge < -0.3 is 0 Å². The van der Waals surface area contributed by atoms with Crippen molar-refractivity contribution in [1.29, 1.82) is 0 Å². The minimum absolute atomic E-state index is 0.417. The first-order chi connectivity index (χ1) is 59.2. The SMILES string of the molecule is Cc1cc(C)c(C)c(-c2ccc3c4c(ccc3[n+]2C)CC2(CCCC2)C4)c1.[2H]C([2H])([2H])c1c[n+](C)c(-c2ccccc2C)cc1-c1ccc2c(c1)CC1(CCCC1)CC2.[2H]C([2H])([2H])c1c[n+](C)c(-c2ccccc2C)cc1-c1ccc2c(c1)CC1(CCCCC1)CC2.[2H]C([2H])([2H])c1c[n+](C)c(-c2ccccc2C)cc1-c1ccc2c(c1)CCC1(CCCC1)C2. The molecule has 20 rings (SSSR count). The minimum atomic E-state index is -2.17. The van der Waals surface area contributed by atoms with Crippen LogP contribution in [0.25, 0.3) is 89.3 Å². The van der Waals surface area contributed by atoms with Crippen molar-refractivity contribution in [2.45, 2.75) is 242 Å². The number of hydrogen-bond donors (Lipinski definition) is 0. The Hall–Kier alpha value is -9.38. The van der Waals surface area contributed by atoms with Gasteiger partial charge in [-0.15, -0.1) is 0 Å². The van der Waals surface area contributed by atoms with E-state index < -0.39 is 20.6 Å². The van der Waals surface area contributed by atoms with E-state index in [1.165, 1.54) is 237 Å². The molecule has 4 fully saturated rings. The summed E-state index contributed by atoms with van der Waals surface area (Å²) in [6.07, 6.45) is 42.1. The van der Waals surface area contributed by atoms with E-state index in [1.807, 2.05) is 83.6 Å². The molecule has 4 heterocycles. The minimum Gasteiger partial charge on any atom is -0.201 e. The molecule has 4 nitrogen and oxygen atoms in total. The zero-order chi connectivity index (χ0) is 87.0. The highest BCUT2D eigenvalue weighted by Gasteiger charge is 2.43. The van der Waals surface area contributed by atoms with Gasteiger partial charge in [0, 0.05) is 87.0 Å². The lowest BCUT2D eigenvalue weighted by atomic mass is 9.64. The predicted octanol–water partition coefficient (Wildman–Crippen LogP) is 25.8. The molecule has 0 amide bonds. The fourth-order valence-corrected chi connectivity index (χ4v) is 23.0. The topological polar surface area (TPSA) is 15.5 Å². The molecule has 4 aromatic heterocycles. The van der Waals surface area contributed by atoms with Gasteiger partial charge in [-0.2, -0.15) is 4.57 Å². The van der Waals surface area contributed by atoms with Crippen molar-refractivity contribution in [3.8, 4) is 78.4 Å². The Labute approximate surface area is 702 Å². The highest BCUT2D eigenvalue weighted by molar-refractivity contribution is 5.84. The Kier molecular flexibility index (Phi) is 19.0. The second-order valence-electron chi connectivity index (χ2n) is 37.4. The van der Waals surface area contributed by atoms with Crippen LogP contribution in [0.4, 0.5) is 0 Å². The van der Waals surface area contributed by atoms with Gasteiger partial charge in [0.05, 0.1) is 0 Å². The van der Waals surface area contributed by atoms with Crippen LogP contribution in [-0.4, -0.2) is 0 Å². The molecule has 0 bridgehead atoms. The second-order valence-corrected chi connectivity index (χ2v) is 37.4. The summed E-state index contributed by atoms with van der Waals surface area (Å²) in [6, 6.07) is 65.4. The molecule has 0 unspecified atom stereocenters. The van der Waals surface area contributed by atoms with Gasteiger partial charge in [-0.3, -0.25) is 0 Å². The summed E-state index contributed by atoms with van der Waals surface area (Å²) < 4.78 is 82.2. The smallest absolute Gasteiger partial charge is 0.201 e. The summed E-state index contributed by atoms with van der Waals surface area (Å²) in [5.74, 6) is 0. The first-order valence-electron chi connectivity index (χ1n) is 48.4. The molecule has 0 atom stereocenters. The highest BCUT2D eigenvalue weighted by Crippen LogP contribution is 2.53. The Morgan fingerprint density at radius 1 is 0.278 bits per heavy atom. The second kappa shape index (κ2) is 32.3. The molecule has 8 aromatic carbocycles. The Morgan fingerprint density at radius 2 is 0.661 bits per heavy atom. The average Bonchev–Trinajstić information content (AvgIpc) is 1.50. The molecule has 4 spiro atoms. The molecule has 4 saturated carbocycles. The summed E-state index contributed by atoms with van der Waals surface area (Å²) >= 11 is 0. The third kappa shape index (κ3) is 15.7. The van der Waals surface area contributed by atoms with Crippen molar-refractivity contribution in [2.75, 3.05) is 0 Å². The van der Waals surface area contributed by atoms with E-state index in [0.29, 0.717) is 38.4 Å². The molecular formula is C111H128N4+4. The Bertz CT molecular complexity index is 6070. The van der Waals surface area contributed by atoms with E-state index in [4.69, 9.17) is 12.3 Å².